The highest BCUT2D eigenvalue weighted by Crippen LogP contribution is 2.11. The van der Waals surface area contributed by atoms with E-state index in [-0.39, 0.29) is 0 Å². The van der Waals surface area contributed by atoms with Crippen molar-refractivity contribution in [3.63, 3.8) is 0 Å². The Bertz CT molecular complexity index is 695. The first-order valence-corrected chi connectivity index (χ1v) is 6.46. The molecule has 0 saturated carbocycles. The Morgan fingerprint density at radius 2 is 2.16 bits per heavy atom. The second-order valence-corrected chi connectivity index (χ2v) is 4.82. The van der Waals surface area contributed by atoms with Gasteiger partial charge in [-0.2, -0.15) is 14.7 Å². The molecule has 0 radical (unpaired) electrons. The monoisotopic (exact) mass is 255 g/mol. The zero-order valence-corrected chi connectivity index (χ0v) is 10.9. The van der Waals surface area contributed by atoms with Gasteiger partial charge in [0, 0.05) is 18.2 Å². The minimum absolute atomic E-state index is 0.822. The van der Waals surface area contributed by atoms with Crippen LogP contribution in [-0.2, 0) is 12.8 Å². The van der Waals surface area contributed by atoms with Crippen LogP contribution in [-0.4, -0.2) is 19.8 Å². The van der Waals surface area contributed by atoms with Crippen molar-refractivity contribution in [3.8, 4) is 0 Å². The highest BCUT2D eigenvalue weighted by molar-refractivity contribution is 5.40. The van der Waals surface area contributed by atoms with Crippen molar-refractivity contribution in [1.82, 2.24) is 19.8 Å². The van der Waals surface area contributed by atoms with Crippen LogP contribution in [0.15, 0.2) is 30.3 Å². The Morgan fingerprint density at radius 1 is 1.26 bits per heavy atom. The van der Waals surface area contributed by atoms with Gasteiger partial charge >= 0.3 is 0 Å². The summed E-state index contributed by atoms with van der Waals surface area (Å²) in [7, 11) is 0. The molecule has 0 fully saturated rings. The Kier molecular flexibility index (Phi) is 2.95. The fraction of sp³-hybridized carbons (Fsp3) is 0.286. The van der Waals surface area contributed by atoms with Gasteiger partial charge < -0.3 is 5.73 Å². The third-order valence-electron chi connectivity index (χ3n) is 3.19. The molecule has 3 aromatic rings. The van der Waals surface area contributed by atoms with Crippen molar-refractivity contribution >= 4 is 11.3 Å². The zero-order chi connectivity index (χ0) is 13.2. The number of nitrogen functional groups attached to an aromatic ring is 1. The maximum Gasteiger partial charge on any atom is 0.152 e. The van der Waals surface area contributed by atoms with Crippen LogP contribution in [0.1, 0.15) is 23.5 Å². The number of nitrogens with two attached hydrogens (primary N) is 1. The molecular formula is C14H17N5. The molecule has 0 amide bonds. The van der Waals surface area contributed by atoms with Crippen LogP contribution in [0.3, 0.4) is 0 Å². The van der Waals surface area contributed by atoms with Crippen molar-refractivity contribution in [3.05, 3.63) is 47.4 Å². The number of rotatable bonds is 4. The third-order valence-corrected chi connectivity index (χ3v) is 3.19. The summed E-state index contributed by atoms with van der Waals surface area (Å²) in [6.45, 7) is 1.98. The molecule has 5 heteroatoms. The lowest BCUT2D eigenvalue weighted by atomic mass is 10.1. The summed E-state index contributed by atoms with van der Waals surface area (Å²) in [5, 5.41) is 11.7. The van der Waals surface area contributed by atoms with Crippen LogP contribution < -0.4 is 5.73 Å². The van der Waals surface area contributed by atoms with E-state index < -0.39 is 0 Å². The summed E-state index contributed by atoms with van der Waals surface area (Å²) < 4.78 is 1.88. The van der Waals surface area contributed by atoms with E-state index in [4.69, 9.17) is 5.73 Å². The predicted molar refractivity (Wildman–Crippen MR) is 75.0 cm³/mol. The van der Waals surface area contributed by atoms with Crippen molar-refractivity contribution in [2.45, 2.75) is 26.2 Å². The fourth-order valence-electron chi connectivity index (χ4n) is 2.31. The SMILES string of the molecule is Cc1cc2[nH]nc(CCCc3cccc(N)c3)n2n1. The number of nitrogens with zero attached hydrogens (tertiary/aromatic N) is 3. The Morgan fingerprint density at radius 3 is 3.00 bits per heavy atom. The second-order valence-electron chi connectivity index (χ2n) is 4.82. The van der Waals surface area contributed by atoms with Gasteiger partial charge in [-0.05, 0) is 37.5 Å². The molecule has 0 aliphatic heterocycles. The number of aromatic amines is 1. The molecule has 98 valence electrons. The van der Waals surface area contributed by atoms with E-state index in [0.29, 0.717) is 0 Å². The number of H-pyrrole nitrogens is 1. The van der Waals surface area contributed by atoms with Crippen LogP contribution >= 0.6 is 0 Å². The summed E-state index contributed by atoms with van der Waals surface area (Å²) in [6.07, 6.45) is 2.93. The number of fused-ring (bicyclic) bond motifs is 1. The van der Waals surface area contributed by atoms with Gasteiger partial charge in [0.25, 0.3) is 0 Å². The van der Waals surface area contributed by atoms with E-state index >= 15 is 0 Å². The molecule has 19 heavy (non-hydrogen) atoms. The minimum Gasteiger partial charge on any atom is -0.399 e. The summed E-state index contributed by atoms with van der Waals surface area (Å²) in [6, 6.07) is 10.0. The van der Waals surface area contributed by atoms with Crippen LogP contribution in [0.2, 0.25) is 0 Å². The molecule has 0 atom stereocenters. The highest BCUT2D eigenvalue weighted by atomic mass is 15.4. The number of hydrogen-bond donors (Lipinski definition) is 2. The lowest BCUT2D eigenvalue weighted by Gasteiger charge is -2.01. The van der Waals surface area contributed by atoms with E-state index in [9.17, 15) is 0 Å². The largest absolute Gasteiger partial charge is 0.399 e. The zero-order valence-electron chi connectivity index (χ0n) is 10.9. The van der Waals surface area contributed by atoms with Crippen LogP contribution in [0.5, 0.6) is 0 Å². The molecule has 0 aliphatic rings. The normalized spacial score (nSPS) is 11.2. The van der Waals surface area contributed by atoms with Gasteiger partial charge in [0.2, 0.25) is 0 Å². The summed E-state index contributed by atoms with van der Waals surface area (Å²) >= 11 is 0. The van der Waals surface area contributed by atoms with Gasteiger partial charge in [-0.3, -0.25) is 5.10 Å². The van der Waals surface area contributed by atoms with Gasteiger partial charge in [-0.15, -0.1) is 0 Å². The van der Waals surface area contributed by atoms with Crippen molar-refractivity contribution in [1.29, 1.82) is 0 Å². The molecular weight excluding hydrogens is 238 g/mol. The fourth-order valence-corrected chi connectivity index (χ4v) is 2.31. The van der Waals surface area contributed by atoms with E-state index in [1.54, 1.807) is 0 Å². The molecule has 0 aliphatic carbocycles. The van der Waals surface area contributed by atoms with E-state index in [0.717, 1.165) is 42.1 Å². The number of anilines is 1. The number of aromatic nitrogens is 4. The van der Waals surface area contributed by atoms with E-state index in [2.05, 4.69) is 21.4 Å². The molecule has 2 heterocycles. The third kappa shape index (κ3) is 2.45. The first kappa shape index (κ1) is 11.8. The quantitative estimate of drug-likeness (QED) is 0.701. The molecule has 0 unspecified atom stereocenters. The van der Waals surface area contributed by atoms with Crippen LogP contribution in [0, 0.1) is 6.92 Å². The molecule has 3 rings (SSSR count). The van der Waals surface area contributed by atoms with Gasteiger partial charge in [-0.1, -0.05) is 12.1 Å². The van der Waals surface area contributed by atoms with Gasteiger partial charge in [0.1, 0.15) is 0 Å². The van der Waals surface area contributed by atoms with Crippen LogP contribution in [0.25, 0.3) is 5.65 Å². The predicted octanol–water partition coefficient (Wildman–Crippen LogP) is 2.12. The topological polar surface area (TPSA) is 72.0 Å². The molecule has 5 nitrogen and oxygen atoms in total. The average molecular weight is 255 g/mol. The number of benzene rings is 1. The summed E-state index contributed by atoms with van der Waals surface area (Å²) in [5.41, 5.74) is 9.82. The first-order valence-electron chi connectivity index (χ1n) is 6.46. The van der Waals surface area contributed by atoms with E-state index in [1.165, 1.54) is 5.56 Å². The second kappa shape index (κ2) is 4.76. The van der Waals surface area contributed by atoms with Crippen molar-refractivity contribution in [2.24, 2.45) is 0 Å². The first-order chi connectivity index (χ1) is 9.22. The Balaban J connectivity index is 1.66. The van der Waals surface area contributed by atoms with E-state index in [1.807, 2.05) is 35.7 Å². The molecule has 1 aromatic carbocycles. The highest BCUT2D eigenvalue weighted by Gasteiger charge is 2.07. The smallest absolute Gasteiger partial charge is 0.152 e. The van der Waals surface area contributed by atoms with Crippen molar-refractivity contribution in [2.75, 3.05) is 5.73 Å². The number of hydrogen-bond acceptors (Lipinski definition) is 3. The summed E-state index contributed by atoms with van der Waals surface area (Å²) in [4.78, 5) is 0. The molecule has 0 bridgehead atoms. The average Bonchev–Trinajstić information content (AvgIpc) is 2.90. The molecule has 0 spiro atoms. The lowest BCUT2D eigenvalue weighted by molar-refractivity contribution is 0.732. The van der Waals surface area contributed by atoms with Gasteiger partial charge in [0.05, 0.1) is 5.69 Å². The summed E-state index contributed by atoms with van der Waals surface area (Å²) in [5.74, 6) is 0.979. The standard InChI is InChI=1S/C14H17N5/c1-10-8-14-17-16-13(19(14)18-10)7-3-5-11-4-2-6-12(15)9-11/h2,4,6,8-9,17H,3,5,7,15H2,1H3. The molecule has 0 saturated heterocycles. The van der Waals surface area contributed by atoms with Gasteiger partial charge in [-0.25, -0.2) is 0 Å². The van der Waals surface area contributed by atoms with Crippen LogP contribution in [0.4, 0.5) is 5.69 Å². The van der Waals surface area contributed by atoms with Gasteiger partial charge in [0.15, 0.2) is 11.5 Å². The Labute approximate surface area is 111 Å². The molecule has 3 N–H and O–H groups in total. The van der Waals surface area contributed by atoms with Crippen molar-refractivity contribution < 1.29 is 0 Å². The number of nitrogens with one attached hydrogen (secondary N) is 1. The molecule has 2 aromatic heterocycles. The Hall–Kier alpha value is -2.30. The number of aryl methyl sites for hydroxylation is 3. The maximum atomic E-state index is 5.77. The maximum absolute atomic E-state index is 5.77. The lowest BCUT2D eigenvalue weighted by Crippen LogP contribution is -1.98. The minimum atomic E-state index is 0.822.